The van der Waals surface area contributed by atoms with Gasteiger partial charge in [0.2, 0.25) is 0 Å². The summed E-state index contributed by atoms with van der Waals surface area (Å²) in [5, 5.41) is 13.6. The number of alkyl halides is 1. The largest absolute Gasteiger partial charge is 0.379 e. The van der Waals surface area contributed by atoms with Gasteiger partial charge in [0.1, 0.15) is 5.82 Å². The number of nitro benzene ring substituents is 1. The average molecular weight is 335 g/mol. The second kappa shape index (κ2) is 7.80. The lowest BCUT2D eigenvalue weighted by Crippen LogP contribution is -2.28. The first-order valence-electron chi connectivity index (χ1n) is 5.42. The van der Waals surface area contributed by atoms with Crippen molar-refractivity contribution in [3.63, 3.8) is 0 Å². The van der Waals surface area contributed by atoms with Crippen molar-refractivity contribution in [2.75, 3.05) is 25.1 Å². The van der Waals surface area contributed by atoms with Gasteiger partial charge in [0.25, 0.3) is 11.6 Å². The number of rotatable bonds is 7. The predicted molar refractivity (Wildman–Crippen MR) is 70.0 cm³/mol. The molecule has 1 N–H and O–H groups in total. The molecule has 0 radical (unpaired) electrons. The minimum atomic E-state index is -0.923. The highest BCUT2D eigenvalue weighted by Gasteiger charge is 2.15. The summed E-state index contributed by atoms with van der Waals surface area (Å²) >= 11 is 3.18. The van der Waals surface area contributed by atoms with Gasteiger partial charge in [0, 0.05) is 17.9 Å². The maximum absolute atomic E-state index is 13.5. The molecule has 1 aromatic rings. The zero-order valence-electron chi connectivity index (χ0n) is 9.90. The van der Waals surface area contributed by atoms with Gasteiger partial charge >= 0.3 is 0 Å². The molecule has 1 amide bonds. The van der Waals surface area contributed by atoms with Crippen LogP contribution in [0.25, 0.3) is 0 Å². The average Bonchev–Trinajstić information content (AvgIpc) is 2.38. The van der Waals surface area contributed by atoms with Crippen LogP contribution in [-0.2, 0) is 4.74 Å². The Balaban J connectivity index is 2.55. The van der Waals surface area contributed by atoms with E-state index in [4.69, 9.17) is 4.74 Å². The van der Waals surface area contributed by atoms with Gasteiger partial charge in [-0.25, -0.2) is 4.39 Å². The molecule has 0 atom stereocenters. The predicted octanol–water partition coefficient (Wildman–Crippen LogP) is 1.88. The first kappa shape index (κ1) is 15.5. The number of amides is 1. The third-order valence-electron chi connectivity index (χ3n) is 2.16. The van der Waals surface area contributed by atoms with Crippen LogP contribution >= 0.6 is 15.9 Å². The highest BCUT2D eigenvalue weighted by molar-refractivity contribution is 9.09. The second-order valence-corrected chi connectivity index (χ2v) is 4.27. The molecule has 19 heavy (non-hydrogen) atoms. The van der Waals surface area contributed by atoms with Gasteiger partial charge in [-0.1, -0.05) is 15.9 Å². The van der Waals surface area contributed by atoms with Gasteiger partial charge in [0.05, 0.1) is 29.8 Å². The van der Waals surface area contributed by atoms with Crippen LogP contribution in [-0.4, -0.2) is 35.9 Å². The van der Waals surface area contributed by atoms with Crippen LogP contribution in [0.1, 0.15) is 10.4 Å². The van der Waals surface area contributed by atoms with Crippen LogP contribution in [0.3, 0.4) is 0 Å². The number of benzene rings is 1. The summed E-state index contributed by atoms with van der Waals surface area (Å²) in [4.78, 5) is 21.3. The topological polar surface area (TPSA) is 81.5 Å². The van der Waals surface area contributed by atoms with E-state index in [0.717, 1.165) is 18.2 Å². The molecule has 0 unspecified atom stereocenters. The van der Waals surface area contributed by atoms with E-state index >= 15 is 0 Å². The lowest BCUT2D eigenvalue weighted by Gasteiger charge is -2.06. The number of hydrogen-bond donors (Lipinski definition) is 1. The van der Waals surface area contributed by atoms with Crippen molar-refractivity contribution >= 4 is 27.5 Å². The Hall–Kier alpha value is -1.54. The molecule has 0 aliphatic rings. The Bertz CT molecular complexity index is 470. The summed E-state index contributed by atoms with van der Waals surface area (Å²) in [6.07, 6.45) is 0. The van der Waals surface area contributed by atoms with Crippen LogP contribution in [0, 0.1) is 15.9 Å². The highest BCUT2D eigenvalue weighted by atomic mass is 79.9. The summed E-state index contributed by atoms with van der Waals surface area (Å²) in [6, 6.07) is 2.89. The number of hydrogen-bond acceptors (Lipinski definition) is 4. The molecule has 0 saturated heterocycles. The van der Waals surface area contributed by atoms with E-state index in [2.05, 4.69) is 21.2 Å². The molecule has 0 aromatic heterocycles. The number of ether oxygens (including phenoxy) is 1. The van der Waals surface area contributed by atoms with Crippen LogP contribution < -0.4 is 5.32 Å². The Labute approximate surface area is 117 Å². The van der Waals surface area contributed by atoms with Crippen LogP contribution in [0.15, 0.2) is 18.2 Å². The van der Waals surface area contributed by atoms with E-state index < -0.39 is 22.3 Å². The highest BCUT2D eigenvalue weighted by Crippen LogP contribution is 2.16. The van der Waals surface area contributed by atoms with Crippen molar-refractivity contribution < 1.29 is 18.8 Å². The van der Waals surface area contributed by atoms with Crippen molar-refractivity contribution in [1.82, 2.24) is 5.32 Å². The smallest absolute Gasteiger partial charge is 0.272 e. The summed E-state index contributed by atoms with van der Waals surface area (Å²) in [6.45, 7) is 1.07. The van der Waals surface area contributed by atoms with E-state index in [-0.39, 0.29) is 12.1 Å². The van der Waals surface area contributed by atoms with E-state index in [1.807, 2.05) is 0 Å². The van der Waals surface area contributed by atoms with Crippen molar-refractivity contribution in [3.05, 3.63) is 39.7 Å². The van der Waals surface area contributed by atoms with Crippen LogP contribution in [0.2, 0.25) is 0 Å². The zero-order valence-corrected chi connectivity index (χ0v) is 11.5. The van der Waals surface area contributed by atoms with Gasteiger partial charge in [-0.05, 0) is 6.07 Å². The molecule has 1 rings (SSSR count). The summed E-state index contributed by atoms with van der Waals surface area (Å²) in [7, 11) is 0. The first-order chi connectivity index (χ1) is 9.06. The van der Waals surface area contributed by atoms with Crippen molar-refractivity contribution in [1.29, 1.82) is 0 Å². The first-order valence-corrected chi connectivity index (χ1v) is 6.54. The molecule has 6 nitrogen and oxygen atoms in total. The third kappa shape index (κ3) is 4.92. The van der Waals surface area contributed by atoms with Gasteiger partial charge in [0.15, 0.2) is 0 Å². The molecule has 1 aromatic carbocycles. The van der Waals surface area contributed by atoms with Crippen LogP contribution in [0.4, 0.5) is 10.1 Å². The number of nitrogens with zero attached hydrogens (tertiary/aromatic N) is 1. The summed E-state index contributed by atoms with van der Waals surface area (Å²) < 4.78 is 18.6. The SMILES string of the molecule is O=C(NCCOCCBr)c1ccc([N+](=O)[O-])cc1F. The number of nitrogens with one attached hydrogen (secondary N) is 1. The van der Waals surface area contributed by atoms with E-state index in [9.17, 15) is 19.3 Å². The molecule has 0 aliphatic heterocycles. The molecule has 0 saturated carbocycles. The molecule has 0 fully saturated rings. The van der Waals surface area contributed by atoms with Gasteiger partial charge in [-0.3, -0.25) is 14.9 Å². The molecule has 104 valence electrons. The monoisotopic (exact) mass is 334 g/mol. The fourth-order valence-electron chi connectivity index (χ4n) is 1.29. The van der Waals surface area contributed by atoms with E-state index in [1.54, 1.807) is 0 Å². The molecular formula is C11H12BrFN2O4. The fourth-order valence-corrected chi connectivity index (χ4v) is 1.52. The number of carbonyl (C=O) groups excluding carboxylic acids is 1. The number of non-ortho nitro benzene ring substituents is 1. The van der Waals surface area contributed by atoms with Crippen molar-refractivity contribution in [2.45, 2.75) is 0 Å². The maximum atomic E-state index is 13.5. The lowest BCUT2D eigenvalue weighted by molar-refractivity contribution is -0.385. The minimum absolute atomic E-state index is 0.230. The Morgan fingerprint density at radius 3 is 2.79 bits per heavy atom. The van der Waals surface area contributed by atoms with Gasteiger partial charge < -0.3 is 10.1 Å². The second-order valence-electron chi connectivity index (χ2n) is 3.48. The van der Waals surface area contributed by atoms with E-state index in [1.165, 1.54) is 0 Å². The van der Waals surface area contributed by atoms with Gasteiger partial charge in [-0.15, -0.1) is 0 Å². The summed E-state index contributed by atoms with van der Waals surface area (Å²) in [5.74, 6) is -1.55. The normalized spacial score (nSPS) is 10.2. The quantitative estimate of drug-likeness (QED) is 0.357. The Morgan fingerprint density at radius 1 is 1.47 bits per heavy atom. The standard InChI is InChI=1S/C11H12BrFN2O4/c12-3-5-19-6-4-14-11(16)9-2-1-8(15(17)18)7-10(9)13/h1-2,7H,3-6H2,(H,14,16). The molecule has 0 aliphatic carbocycles. The summed E-state index contributed by atoms with van der Waals surface area (Å²) in [5.41, 5.74) is -0.624. The van der Waals surface area contributed by atoms with E-state index in [0.29, 0.717) is 18.5 Å². The fraction of sp³-hybridized carbons (Fsp3) is 0.364. The number of nitro groups is 1. The molecule has 0 heterocycles. The zero-order chi connectivity index (χ0) is 14.3. The molecule has 0 spiro atoms. The molecule has 8 heteroatoms. The van der Waals surface area contributed by atoms with Gasteiger partial charge in [-0.2, -0.15) is 0 Å². The van der Waals surface area contributed by atoms with Crippen molar-refractivity contribution in [2.24, 2.45) is 0 Å². The maximum Gasteiger partial charge on any atom is 0.272 e. The van der Waals surface area contributed by atoms with Crippen molar-refractivity contribution in [3.8, 4) is 0 Å². The number of carbonyl (C=O) groups is 1. The Kier molecular flexibility index (Phi) is 6.37. The minimum Gasteiger partial charge on any atom is -0.379 e. The molecular weight excluding hydrogens is 323 g/mol. The number of halogens is 2. The third-order valence-corrected chi connectivity index (χ3v) is 2.49. The molecule has 0 bridgehead atoms. The lowest BCUT2D eigenvalue weighted by atomic mass is 10.2. The van der Waals surface area contributed by atoms with Crippen LogP contribution in [0.5, 0.6) is 0 Å². The Morgan fingerprint density at radius 2 is 2.21 bits per heavy atom.